The van der Waals surface area contributed by atoms with Crippen molar-refractivity contribution in [2.45, 2.75) is 6.18 Å². The second-order valence-corrected chi connectivity index (χ2v) is 5.80. The van der Waals surface area contributed by atoms with Crippen LogP contribution in [0.25, 0.3) is 0 Å². The number of carbonyl (C=O) groups is 1. The van der Waals surface area contributed by atoms with Crippen LogP contribution in [0.1, 0.15) is 15.9 Å². The maximum absolute atomic E-state index is 12.9. The number of anilines is 2. The van der Waals surface area contributed by atoms with Gasteiger partial charge in [-0.2, -0.15) is 13.2 Å². The van der Waals surface area contributed by atoms with Crippen LogP contribution >= 0.6 is 23.2 Å². The van der Waals surface area contributed by atoms with E-state index >= 15 is 0 Å². The third-order valence-corrected chi connectivity index (χ3v) is 3.61. The lowest BCUT2D eigenvalue weighted by Crippen LogP contribution is -2.18. The van der Waals surface area contributed by atoms with Gasteiger partial charge in [0.2, 0.25) is 0 Å². The molecule has 0 radical (unpaired) electrons. The Morgan fingerprint density at radius 3 is 2.38 bits per heavy atom. The van der Waals surface area contributed by atoms with E-state index in [0.29, 0.717) is 5.69 Å². The van der Waals surface area contributed by atoms with E-state index in [-0.39, 0.29) is 21.6 Å². The number of rotatable bonds is 3. The number of pyridine rings is 1. The summed E-state index contributed by atoms with van der Waals surface area (Å²) in [4.78, 5) is 17.6. The minimum absolute atomic E-state index is 0.00295. The number of hydrogen-bond acceptors (Lipinski definition) is 3. The number of aromatic nitrogens is 1. The third kappa shape index (κ3) is 4.10. The molecule has 128 valence electrons. The second kappa shape index (κ2) is 6.86. The van der Waals surface area contributed by atoms with Crippen molar-refractivity contribution in [1.29, 1.82) is 0 Å². The van der Waals surface area contributed by atoms with Gasteiger partial charge in [-0.1, -0.05) is 23.2 Å². The fourth-order valence-corrected chi connectivity index (χ4v) is 2.40. The molecule has 24 heavy (non-hydrogen) atoms. The molecule has 9 heteroatoms. The van der Waals surface area contributed by atoms with Gasteiger partial charge in [0.15, 0.2) is 0 Å². The summed E-state index contributed by atoms with van der Waals surface area (Å²) < 4.78 is 38.7. The Morgan fingerprint density at radius 1 is 1.17 bits per heavy atom. The molecule has 0 bridgehead atoms. The van der Waals surface area contributed by atoms with E-state index in [9.17, 15) is 18.0 Å². The van der Waals surface area contributed by atoms with Crippen molar-refractivity contribution in [3.8, 4) is 0 Å². The molecule has 1 heterocycles. The van der Waals surface area contributed by atoms with Gasteiger partial charge in [0.25, 0.3) is 5.91 Å². The third-order valence-electron chi connectivity index (χ3n) is 3.11. The van der Waals surface area contributed by atoms with Crippen molar-refractivity contribution in [2.75, 3.05) is 24.3 Å². The van der Waals surface area contributed by atoms with Gasteiger partial charge in [-0.15, -0.1) is 0 Å². The molecular weight excluding hydrogens is 366 g/mol. The highest BCUT2D eigenvalue weighted by molar-refractivity contribution is 6.35. The number of halogens is 5. The molecule has 4 nitrogen and oxygen atoms in total. The molecule has 1 amide bonds. The Labute approximate surface area is 146 Å². The molecule has 0 aliphatic heterocycles. The van der Waals surface area contributed by atoms with Crippen molar-refractivity contribution >= 4 is 40.5 Å². The van der Waals surface area contributed by atoms with Crippen molar-refractivity contribution in [3.05, 3.63) is 51.8 Å². The van der Waals surface area contributed by atoms with Gasteiger partial charge < -0.3 is 10.2 Å². The predicted octanol–water partition coefficient (Wildman–Crippen LogP) is 4.73. The average Bonchev–Trinajstić information content (AvgIpc) is 2.45. The first-order valence-corrected chi connectivity index (χ1v) is 7.37. The molecule has 0 atom stereocenters. The Kier molecular flexibility index (Phi) is 5.25. The van der Waals surface area contributed by atoms with Gasteiger partial charge in [0.05, 0.1) is 22.5 Å². The minimum Gasteiger partial charge on any atom is -0.376 e. The quantitative estimate of drug-likeness (QED) is 0.786. The van der Waals surface area contributed by atoms with Crippen LogP contribution in [0.5, 0.6) is 0 Å². The fourth-order valence-electron chi connectivity index (χ4n) is 1.97. The maximum Gasteiger partial charge on any atom is 0.416 e. The highest BCUT2D eigenvalue weighted by Gasteiger charge is 2.31. The van der Waals surface area contributed by atoms with Gasteiger partial charge in [0, 0.05) is 14.1 Å². The molecule has 1 aromatic heterocycles. The summed E-state index contributed by atoms with van der Waals surface area (Å²) >= 11 is 11.5. The Hall–Kier alpha value is -1.99. The zero-order valence-electron chi connectivity index (χ0n) is 12.6. The molecule has 0 aliphatic carbocycles. The SMILES string of the molecule is CN(C)c1ccc(C(F)(F)F)cc1NC(=O)c1ccc(Cl)nc1Cl. The molecule has 2 aromatic rings. The zero-order valence-corrected chi connectivity index (χ0v) is 14.1. The maximum atomic E-state index is 12.9. The normalized spacial score (nSPS) is 11.3. The number of nitrogens with one attached hydrogen (secondary N) is 1. The Balaban J connectivity index is 2.41. The minimum atomic E-state index is -4.52. The molecule has 0 spiro atoms. The number of amides is 1. The van der Waals surface area contributed by atoms with Gasteiger partial charge in [0.1, 0.15) is 10.3 Å². The summed E-state index contributed by atoms with van der Waals surface area (Å²) in [5, 5.41) is 2.39. The van der Waals surface area contributed by atoms with E-state index in [1.165, 1.54) is 18.2 Å². The highest BCUT2D eigenvalue weighted by atomic mass is 35.5. The number of benzene rings is 1. The number of nitrogens with zero attached hydrogens (tertiary/aromatic N) is 2. The average molecular weight is 378 g/mol. The molecule has 2 rings (SSSR count). The first-order valence-electron chi connectivity index (χ1n) is 6.61. The van der Waals surface area contributed by atoms with E-state index in [2.05, 4.69) is 10.3 Å². The van der Waals surface area contributed by atoms with Crippen LogP contribution in [0.3, 0.4) is 0 Å². The summed E-state index contributed by atoms with van der Waals surface area (Å²) in [6, 6.07) is 5.80. The molecule has 0 saturated carbocycles. The van der Waals surface area contributed by atoms with Crippen molar-refractivity contribution in [3.63, 3.8) is 0 Å². The van der Waals surface area contributed by atoms with Crippen LogP contribution in [0.4, 0.5) is 24.5 Å². The summed E-state index contributed by atoms with van der Waals surface area (Å²) in [7, 11) is 3.30. The van der Waals surface area contributed by atoms with E-state index in [0.717, 1.165) is 12.1 Å². The van der Waals surface area contributed by atoms with E-state index in [1.807, 2.05) is 0 Å². The molecule has 1 N–H and O–H groups in total. The summed E-state index contributed by atoms with van der Waals surface area (Å²) in [5.41, 5.74) is -0.452. The van der Waals surface area contributed by atoms with Crippen molar-refractivity contribution < 1.29 is 18.0 Å². The second-order valence-electron chi connectivity index (χ2n) is 5.05. The van der Waals surface area contributed by atoms with Crippen LogP contribution in [-0.4, -0.2) is 25.0 Å². The number of carbonyl (C=O) groups excluding carboxylic acids is 1. The lowest BCUT2D eigenvalue weighted by Gasteiger charge is -2.20. The van der Waals surface area contributed by atoms with Gasteiger partial charge in [-0.25, -0.2) is 4.98 Å². The number of hydrogen-bond donors (Lipinski definition) is 1. The topological polar surface area (TPSA) is 45.2 Å². The largest absolute Gasteiger partial charge is 0.416 e. The predicted molar refractivity (Wildman–Crippen MR) is 88.0 cm³/mol. The Morgan fingerprint density at radius 2 is 1.83 bits per heavy atom. The molecular formula is C15H12Cl2F3N3O. The van der Waals surface area contributed by atoms with Crippen molar-refractivity contribution in [1.82, 2.24) is 4.98 Å². The smallest absolute Gasteiger partial charge is 0.376 e. The molecule has 0 unspecified atom stereocenters. The lowest BCUT2D eigenvalue weighted by molar-refractivity contribution is -0.137. The van der Waals surface area contributed by atoms with Crippen molar-refractivity contribution in [2.24, 2.45) is 0 Å². The number of alkyl halides is 3. The van der Waals surface area contributed by atoms with Crippen LogP contribution in [-0.2, 0) is 6.18 Å². The monoisotopic (exact) mass is 377 g/mol. The van der Waals surface area contributed by atoms with Crippen LogP contribution in [0, 0.1) is 0 Å². The van der Waals surface area contributed by atoms with Crippen LogP contribution in [0.15, 0.2) is 30.3 Å². The van der Waals surface area contributed by atoms with Gasteiger partial charge in [-0.3, -0.25) is 4.79 Å². The summed E-state index contributed by atoms with van der Waals surface area (Å²) in [5.74, 6) is -0.688. The highest BCUT2D eigenvalue weighted by Crippen LogP contribution is 2.35. The van der Waals surface area contributed by atoms with E-state index < -0.39 is 17.6 Å². The van der Waals surface area contributed by atoms with Crippen LogP contribution in [0.2, 0.25) is 10.3 Å². The van der Waals surface area contributed by atoms with E-state index in [1.54, 1.807) is 19.0 Å². The lowest BCUT2D eigenvalue weighted by atomic mass is 10.1. The molecule has 1 aromatic carbocycles. The van der Waals surface area contributed by atoms with Crippen LogP contribution < -0.4 is 10.2 Å². The Bertz CT molecular complexity index is 779. The van der Waals surface area contributed by atoms with Gasteiger partial charge in [-0.05, 0) is 30.3 Å². The van der Waals surface area contributed by atoms with E-state index in [4.69, 9.17) is 23.2 Å². The standard InChI is InChI=1S/C15H12Cl2F3N3O/c1-23(2)11-5-3-8(15(18,19)20)7-10(11)21-14(24)9-4-6-12(16)22-13(9)17/h3-7H,1-2H3,(H,21,24). The zero-order chi connectivity index (χ0) is 18.1. The first-order chi connectivity index (χ1) is 11.1. The molecule has 0 saturated heterocycles. The summed E-state index contributed by atoms with van der Waals surface area (Å²) in [6.07, 6.45) is -4.52. The first kappa shape index (κ1) is 18.4. The fraction of sp³-hybridized carbons (Fsp3) is 0.200. The molecule has 0 fully saturated rings. The summed E-state index contributed by atoms with van der Waals surface area (Å²) in [6.45, 7) is 0. The van der Waals surface area contributed by atoms with Gasteiger partial charge >= 0.3 is 6.18 Å². The molecule has 0 aliphatic rings.